The zero-order valence-electron chi connectivity index (χ0n) is 7.14. The van der Waals surface area contributed by atoms with Gasteiger partial charge in [0.15, 0.2) is 0 Å². The third kappa shape index (κ3) is 3.18. The van der Waals surface area contributed by atoms with Gasteiger partial charge < -0.3 is 11.5 Å². The summed E-state index contributed by atoms with van der Waals surface area (Å²) in [5.74, 6) is 0.634. The summed E-state index contributed by atoms with van der Waals surface area (Å²) in [4.78, 5) is 0. The second-order valence-electron chi connectivity index (χ2n) is 2.82. The molecule has 0 fully saturated rings. The monoisotopic (exact) mass is 144 g/mol. The number of rotatable bonds is 5. The summed E-state index contributed by atoms with van der Waals surface area (Å²) < 4.78 is 0. The Labute approximate surface area is 64.0 Å². The van der Waals surface area contributed by atoms with Crippen LogP contribution >= 0.6 is 0 Å². The molecule has 2 unspecified atom stereocenters. The molecule has 0 heterocycles. The van der Waals surface area contributed by atoms with Gasteiger partial charge in [0, 0.05) is 6.04 Å². The van der Waals surface area contributed by atoms with Crippen LogP contribution < -0.4 is 11.5 Å². The predicted molar refractivity (Wildman–Crippen MR) is 45.7 cm³/mol. The molecule has 0 aromatic rings. The van der Waals surface area contributed by atoms with Crippen LogP contribution in [0, 0.1) is 5.92 Å². The molecular formula is C8H20N2. The maximum absolute atomic E-state index is 5.86. The summed E-state index contributed by atoms with van der Waals surface area (Å²) in [6, 6.07) is 0.355. The average Bonchev–Trinajstić information content (AvgIpc) is 1.99. The molecule has 0 radical (unpaired) electrons. The van der Waals surface area contributed by atoms with Crippen LogP contribution in [0.4, 0.5) is 0 Å². The molecule has 0 bridgehead atoms. The summed E-state index contributed by atoms with van der Waals surface area (Å²) in [6.45, 7) is 5.08. The fourth-order valence-corrected chi connectivity index (χ4v) is 1.27. The van der Waals surface area contributed by atoms with E-state index >= 15 is 0 Å². The normalized spacial score (nSPS) is 16.8. The van der Waals surface area contributed by atoms with Gasteiger partial charge in [-0.25, -0.2) is 0 Å². The molecule has 0 saturated carbocycles. The molecule has 0 aliphatic rings. The van der Waals surface area contributed by atoms with E-state index in [1.54, 1.807) is 0 Å². The van der Waals surface area contributed by atoms with Crippen molar-refractivity contribution in [2.45, 2.75) is 39.2 Å². The van der Waals surface area contributed by atoms with E-state index in [0.29, 0.717) is 12.0 Å². The molecule has 0 rings (SSSR count). The topological polar surface area (TPSA) is 52.0 Å². The zero-order chi connectivity index (χ0) is 7.98. The molecule has 62 valence electrons. The molecule has 4 N–H and O–H groups in total. The van der Waals surface area contributed by atoms with Crippen molar-refractivity contribution in [2.75, 3.05) is 6.54 Å². The maximum atomic E-state index is 5.86. The van der Waals surface area contributed by atoms with Crippen LogP contribution in [-0.4, -0.2) is 12.6 Å². The van der Waals surface area contributed by atoms with Gasteiger partial charge in [0.2, 0.25) is 0 Å². The lowest BCUT2D eigenvalue weighted by molar-refractivity contribution is 0.378. The third-order valence-corrected chi connectivity index (χ3v) is 2.14. The fourth-order valence-electron chi connectivity index (χ4n) is 1.27. The minimum Gasteiger partial charge on any atom is -0.330 e. The first kappa shape index (κ1) is 9.92. The zero-order valence-corrected chi connectivity index (χ0v) is 7.14. The van der Waals surface area contributed by atoms with Gasteiger partial charge >= 0.3 is 0 Å². The largest absolute Gasteiger partial charge is 0.330 e. The SMILES string of the molecule is CCC(N)C(CC)CCN. The number of hydrogen-bond donors (Lipinski definition) is 2. The molecule has 0 aliphatic heterocycles. The van der Waals surface area contributed by atoms with Gasteiger partial charge in [-0.1, -0.05) is 20.3 Å². The highest BCUT2D eigenvalue weighted by molar-refractivity contribution is 4.70. The molecule has 2 nitrogen and oxygen atoms in total. The van der Waals surface area contributed by atoms with E-state index in [-0.39, 0.29) is 0 Å². The van der Waals surface area contributed by atoms with Crippen LogP contribution in [-0.2, 0) is 0 Å². The van der Waals surface area contributed by atoms with Crippen LogP contribution in [0.25, 0.3) is 0 Å². The van der Waals surface area contributed by atoms with Crippen molar-refractivity contribution >= 4 is 0 Å². The Morgan fingerprint density at radius 3 is 2.10 bits per heavy atom. The van der Waals surface area contributed by atoms with Gasteiger partial charge in [0.1, 0.15) is 0 Å². The molecule has 0 amide bonds. The first-order chi connectivity index (χ1) is 4.76. The minimum absolute atomic E-state index is 0.355. The van der Waals surface area contributed by atoms with Crippen molar-refractivity contribution in [3.8, 4) is 0 Å². The van der Waals surface area contributed by atoms with Crippen LogP contribution in [0.15, 0.2) is 0 Å². The van der Waals surface area contributed by atoms with Crippen molar-refractivity contribution < 1.29 is 0 Å². The second kappa shape index (κ2) is 5.69. The molecule has 0 saturated heterocycles. The Balaban J connectivity index is 3.56. The standard InChI is InChI=1S/C8H20N2/c1-3-7(5-6-9)8(10)4-2/h7-8H,3-6,9-10H2,1-2H3. The van der Waals surface area contributed by atoms with E-state index in [1.165, 1.54) is 0 Å². The maximum Gasteiger partial charge on any atom is 0.00649 e. The van der Waals surface area contributed by atoms with Crippen molar-refractivity contribution in [1.29, 1.82) is 0 Å². The summed E-state index contributed by atoms with van der Waals surface area (Å²) in [5.41, 5.74) is 11.3. The quantitative estimate of drug-likeness (QED) is 0.607. The molecule has 2 heteroatoms. The summed E-state index contributed by atoms with van der Waals surface area (Å²) in [5, 5.41) is 0. The molecule has 10 heavy (non-hydrogen) atoms. The molecule has 0 aliphatic carbocycles. The number of hydrogen-bond acceptors (Lipinski definition) is 2. The van der Waals surface area contributed by atoms with Gasteiger partial charge in [-0.2, -0.15) is 0 Å². The van der Waals surface area contributed by atoms with Crippen LogP contribution in [0.2, 0.25) is 0 Å². The predicted octanol–water partition coefficient (Wildman–Crippen LogP) is 1.10. The third-order valence-electron chi connectivity index (χ3n) is 2.14. The minimum atomic E-state index is 0.355. The lowest BCUT2D eigenvalue weighted by Gasteiger charge is -2.19. The lowest BCUT2D eigenvalue weighted by Crippen LogP contribution is -2.30. The van der Waals surface area contributed by atoms with Crippen molar-refractivity contribution in [1.82, 2.24) is 0 Å². The van der Waals surface area contributed by atoms with Crippen LogP contribution in [0.3, 0.4) is 0 Å². The van der Waals surface area contributed by atoms with E-state index in [2.05, 4.69) is 13.8 Å². The van der Waals surface area contributed by atoms with E-state index in [0.717, 1.165) is 25.8 Å². The Kier molecular flexibility index (Phi) is 5.64. The molecule has 0 spiro atoms. The second-order valence-corrected chi connectivity index (χ2v) is 2.82. The van der Waals surface area contributed by atoms with Crippen LogP contribution in [0.1, 0.15) is 33.1 Å². The van der Waals surface area contributed by atoms with E-state index in [1.807, 2.05) is 0 Å². The summed E-state index contributed by atoms with van der Waals surface area (Å²) >= 11 is 0. The van der Waals surface area contributed by atoms with Crippen LogP contribution in [0.5, 0.6) is 0 Å². The van der Waals surface area contributed by atoms with Crippen molar-refractivity contribution in [3.63, 3.8) is 0 Å². The Hall–Kier alpha value is -0.0800. The van der Waals surface area contributed by atoms with Gasteiger partial charge in [-0.05, 0) is 25.3 Å². The Morgan fingerprint density at radius 2 is 1.80 bits per heavy atom. The molecule has 2 atom stereocenters. The smallest absolute Gasteiger partial charge is 0.00649 e. The van der Waals surface area contributed by atoms with E-state index in [4.69, 9.17) is 11.5 Å². The highest BCUT2D eigenvalue weighted by Gasteiger charge is 2.11. The molecule has 0 aromatic heterocycles. The van der Waals surface area contributed by atoms with E-state index < -0.39 is 0 Å². The Morgan fingerprint density at radius 1 is 1.20 bits per heavy atom. The van der Waals surface area contributed by atoms with Gasteiger partial charge in [0.25, 0.3) is 0 Å². The van der Waals surface area contributed by atoms with Gasteiger partial charge in [0.05, 0.1) is 0 Å². The highest BCUT2D eigenvalue weighted by Crippen LogP contribution is 2.12. The average molecular weight is 144 g/mol. The molecule has 0 aromatic carbocycles. The molecular weight excluding hydrogens is 124 g/mol. The highest BCUT2D eigenvalue weighted by atomic mass is 14.6. The summed E-state index contributed by atoms with van der Waals surface area (Å²) in [6.07, 6.45) is 3.30. The number of nitrogens with two attached hydrogens (primary N) is 2. The van der Waals surface area contributed by atoms with Crippen molar-refractivity contribution in [2.24, 2.45) is 17.4 Å². The van der Waals surface area contributed by atoms with Gasteiger partial charge in [-0.3, -0.25) is 0 Å². The van der Waals surface area contributed by atoms with Gasteiger partial charge in [-0.15, -0.1) is 0 Å². The van der Waals surface area contributed by atoms with E-state index in [9.17, 15) is 0 Å². The Bertz CT molecular complexity index is 73.7. The fraction of sp³-hybridized carbons (Fsp3) is 1.00. The first-order valence-electron chi connectivity index (χ1n) is 4.21. The summed E-state index contributed by atoms with van der Waals surface area (Å²) in [7, 11) is 0. The van der Waals surface area contributed by atoms with Crippen molar-refractivity contribution in [3.05, 3.63) is 0 Å². The first-order valence-corrected chi connectivity index (χ1v) is 4.21. The lowest BCUT2D eigenvalue weighted by atomic mass is 9.92.